The first-order chi connectivity index (χ1) is 11.9. The minimum Gasteiger partial charge on any atom is -0.381 e. The first kappa shape index (κ1) is 23.1. The average Bonchev–Trinajstić information content (AvgIpc) is 2.54. The van der Waals surface area contributed by atoms with Crippen LogP contribution in [0, 0.1) is 11.8 Å². The fraction of sp³-hybridized carbons (Fsp3) is 1.00. The maximum Gasteiger partial charge on any atom is 0.339 e. The van der Waals surface area contributed by atoms with Crippen molar-refractivity contribution in [1.82, 2.24) is 5.32 Å². The van der Waals surface area contributed by atoms with Gasteiger partial charge in [-0.15, -0.1) is 0 Å². The summed E-state index contributed by atoms with van der Waals surface area (Å²) < 4.78 is 22.8. The Bertz CT molecular complexity index is 390. The second-order valence-corrected chi connectivity index (χ2v) is 9.05. The number of ether oxygens (including phenoxy) is 2. The standard InChI is InChI=1S/C18H38NO5P/c1-4-5-6-7-8-9-10-11-17-16(12-19-14-25(20,21)22)18(23-3)15(2)13-24-17/h15-19H,4-14H2,1-3H3,(H2,20,21,22)/t15-,16-,17-,18-/m0/s1. The van der Waals surface area contributed by atoms with Crippen LogP contribution < -0.4 is 5.32 Å². The van der Waals surface area contributed by atoms with Crippen molar-refractivity contribution in [3.05, 3.63) is 0 Å². The highest BCUT2D eigenvalue weighted by atomic mass is 31.2. The molecule has 3 N–H and O–H groups in total. The van der Waals surface area contributed by atoms with E-state index < -0.39 is 7.60 Å². The van der Waals surface area contributed by atoms with E-state index in [2.05, 4.69) is 19.2 Å². The zero-order valence-corrected chi connectivity index (χ0v) is 17.0. The monoisotopic (exact) mass is 379 g/mol. The van der Waals surface area contributed by atoms with Crippen molar-refractivity contribution in [2.45, 2.75) is 77.4 Å². The molecule has 1 heterocycles. The topological polar surface area (TPSA) is 88.0 Å². The Kier molecular flexibility index (Phi) is 11.5. The molecular weight excluding hydrogens is 341 g/mol. The van der Waals surface area contributed by atoms with Crippen LogP contribution >= 0.6 is 7.60 Å². The molecule has 1 aliphatic rings. The normalized spacial score (nSPS) is 27.6. The van der Waals surface area contributed by atoms with Crippen LogP contribution in [-0.2, 0) is 14.0 Å². The van der Waals surface area contributed by atoms with E-state index in [1.165, 1.54) is 38.5 Å². The maximum absolute atomic E-state index is 11.1. The van der Waals surface area contributed by atoms with Gasteiger partial charge in [0.25, 0.3) is 0 Å². The summed E-state index contributed by atoms with van der Waals surface area (Å²) in [4.78, 5) is 18.1. The van der Waals surface area contributed by atoms with Crippen molar-refractivity contribution in [1.29, 1.82) is 0 Å². The Morgan fingerprint density at radius 3 is 2.40 bits per heavy atom. The Hall–Kier alpha value is 0.0300. The van der Waals surface area contributed by atoms with Crippen molar-refractivity contribution < 1.29 is 23.8 Å². The molecule has 0 aromatic rings. The van der Waals surface area contributed by atoms with E-state index in [-0.39, 0.29) is 30.3 Å². The third-order valence-corrected chi connectivity index (χ3v) is 5.73. The molecule has 0 aliphatic carbocycles. The van der Waals surface area contributed by atoms with Crippen LogP contribution in [0.5, 0.6) is 0 Å². The maximum atomic E-state index is 11.1. The van der Waals surface area contributed by atoms with E-state index in [0.29, 0.717) is 13.2 Å². The molecule has 6 nitrogen and oxygen atoms in total. The van der Waals surface area contributed by atoms with Gasteiger partial charge in [-0.3, -0.25) is 4.57 Å². The zero-order valence-electron chi connectivity index (χ0n) is 16.2. The minimum absolute atomic E-state index is 0.0626. The highest BCUT2D eigenvalue weighted by Crippen LogP contribution is 2.34. The molecule has 0 saturated carbocycles. The molecule has 0 amide bonds. The summed E-state index contributed by atoms with van der Waals surface area (Å²) in [5.74, 6) is 0.414. The number of methoxy groups -OCH3 is 1. The van der Waals surface area contributed by atoms with Crippen LogP contribution in [0.3, 0.4) is 0 Å². The second kappa shape index (κ2) is 12.4. The summed E-state index contributed by atoms with van der Waals surface area (Å²) in [7, 11) is -2.31. The summed E-state index contributed by atoms with van der Waals surface area (Å²) in [6.07, 6.45) is 9.73. The van der Waals surface area contributed by atoms with Gasteiger partial charge in [0.2, 0.25) is 0 Å². The van der Waals surface area contributed by atoms with E-state index in [0.717, 1.165) is 12.8 Å². The molecule has 1 aliphatic heterocycles. The van der Waals surface area contributed by atoms with Gasteiger partial charge in [0.05, 0.1) is 25.1 Å². The fourth-order valence-electron chi connectivity index (χ4n) is 3.76. The lowest BCUT2D eigenvalue weighted by Gasteiger charge is -2.41. The summed E-state index contributed by atoms with van der Waals surface area (Å²) in [6.45, 7) is 5.53. The smallest absolute Gasteiger partial charge is 0.339 e. The van der Waals surface area contributed by atoms with Gasteiger partial charge in [-0.1, -0.05) is 58.8 Å². The van der Waals surface area contributed by atoms with Crippen molar-refractivity contribution in [3.8, 4) is 0 Å². The Morgan fingerprint density at radius 2 is 1.80 bits per heavy atom. The van der Waals surface area contributed by atoms with E-state index in [4.69, 9.17) is 19.3 Å². The summed E-state index contributed by atoms with van der Waals surface area (Å²) in [5, 5.41) is 2.91. The SMILES string of the molecule is CCCCCCCCC[C@@H]1OC[C@H](C)[C@H](OC)[C@H]1CNCP(=O)(O)O. The van der Waals surface area contributed by atoms with Crippen LogP contribution in [0.2, 0.25) is 0 Å². The number of rotatable bonds is 13. The number of hydrogen-bond donors (Lipinski definition) is 3. The number of hydrogen-bond acceptors (Lipinski definition) is 4. The molecule has 0 aromatic heterocycles. The Balaban J connectivity index is 2.42. The molecule has 0 unspecified atom stereocenters. The van der Waals surface area contributed by atoms with Gasteiger partial charge in [0.15, 0.2) is 0 Å². The average molecular weight is 379 g/mol. The highest BCUT2D eigenvalue weighted by molar-refractivity contribution is 7.51. The third kappa shape index (κ3) is 9.50. The van der Waals surface area contributed by atoms with E-state index in [1.807, 2.05) is 0 Å². The van der Waals surface area contributed by atoms with Gasteiger partial charge < -0.3 is 24.6 Å². The second-order valence-electron chi connectivity index (χ2n) is 7.40. The highest BCUT2D eigenvalue weighted by Gasteiger charge is 2.38. The van der Waals surface area contributed by atoms with E-state index >= 15 is 0 Å². The molecule has 1 fully saturated rings. The molecular formula is C18H38NO5P. The molecule has 150 valence electrons. The van der Waals surface area contributed by atoms with Crippen molar-refractivity contribution in [2.24, 2.45) is 11.8 Å². The van der Waals surface area contributed by atoms with Crippen molar-refractivity contribution in [3.63, 3.8) is 0 Å². The van der Waals surface area contributed by atoms with Crippen LogP contribution in [0.25, 0.3) is 0 Å². The summed E-state index contributed by atoms with van der Waals surface area (Å²) >= 11 is 0. The predicted octanol–water partition coefficient (Wildman–Crippen LogP) is 3.52. The van der Waals surface area contributed by atoms with Crippen LogP contribution in [-0.4, -0.2) is 48.5 Å². The predicted molar refractivity (Wildman–Crippen MR) is 101 cm³/mol. The number of nitrogens with one attached hydrogen (secondary N) is 1. The molecule has 0 bridgehead atoms. The lowest BCUT2D eigenvalue weighted by molar-refractivity contribution is -0.137. The van der Waals surface area contributed by atoms with E-state index in [9.17, 15) is 4.57 Å². The van der Waals surface area contributed by atoms with Gasteiger partial charge in [0, 0.05) is 25.5 Å². The van der Waals surface area contributed by atoms with Crippen LogP contribution in [0.15, 0.2) is 0 Å². The largest absolute Gasteiger partial charge is 0.381 e. The molecule has 1 saturated heterocycles. The quantitative estimate of drug-likeness (QED) is 0.335. The van der Waals surface area contributed by atoms with Crippen molar-refractivity contribution in [2.75, 3.05) is 26.5 Å². The zero-order chi connectivity index (χ0) is 18.7. The number of unbranched alkanes of at least 4 members (excludes halogenated alkanes) is 6. The first-order valence-electron chi connectivity index (χ1n) is 9.78. The van der Waals surface area contributed by atoms with Gasteiger partial charge in [0.1, 0.15) is 0 Å². The van der Waals surface area contributed by atoms with Gasteiger partial charge in [-0.2, -0.15) is 0 Å². The molecule has 25 heavy (non-hydrogen) atoms. The summed E-state index contributed by atoms with van der Waals surface area (Å²) in [6, 6.07) is 0. The Morgan fingerprint density at radius 1 is 1.16 bits per heavy atom. The lowest BCUT2D eigenvalue weighted by Crippen LogP contribution is -2.50. The molecule has 1 rings (SSSR count). The van der Waals surface area contributed by atoms with Crippen LogP contribution in [0.4, 0.5) is 0 Å². The minimum atomic E-state index is -4.03. The van der Waals surface area contributed by atoms with Gasteiger partial charge in [-0.25, -0.2) is 0 Å². The fourth-order valence-corrected chi connectivity index (χ4v) is 4.18. The van der Waals surface area contributed by atoms with Crippen LogP contribution in [0.1, 0.15) is 65.2 Å². The molecule has 7 heteroatoms. The van der Waals surface area contributed by atoms with Gasteiger partial charge in [-0.05, 0) is 6.42 Å². The third-order valence-electron chi connectivity index (χ3n) is 5.10. The summed E-state index contributed by atoms with van der Waals surface area (Å²) in [5.41, 5.74) is 0. The van der Waals surface area contributed by atoms with Crippen molar-refractivity contribution >= 4 is 7.60 Å². The van der Waals surface area contributed by atoms with E-state index in [1.54, 1.807) is 7.11 Å². The first-order valence-corrected chi connectivity index (χ1v) is 11.6. The molecule has 0 spiro atoms. The lowest BCUT2D eigenvalue weighted by atomic mass is 9.83. The molecule has 4 atom stereocenters. The van der Waals surface area contributed by atoms with Gasteiger partial charge >= 0.3 is 7.60 Å². The molecule has 0 radical (unpaired) electrons. The Labute approximate surface area is 153 Å². The molecule has 0 aromatic carbocycles.